The lowest BCUT2D eigenvalue weighted by Gasteiger charge is -2.07. The monoisotopic (exact) mass is 269 g/mol. The number of hydrogen-bond acceptors (Lipinski definition) is 5. The molecule has 1 aliphatic rings. The standard InChI is InChI=1S/C14H11N3O3/c15-12-6-13(17-7-16-12)20-9-2-4-10-8(5-9)1-3-11(10)14(18)19/h2-7H,1H2,(H,18,19)(H2,15,16,17). The summed E-state index contributed by atoms with van der Waals surface area (Å²) in [6, 6.07) is 6.77. The number of benzene rings is 1. The second-order valence-corrected chi connectivity index (χ2v) is 4.33. The van der Waals surface area contributed by atoms with Gasteiger partial charge in [0.1, 0.15) is 17.9 Å². The van der Waals surface area contributed by atoms with Crippen molar-refractivity contribution in [3.63, 3.8) is 0 Å². The van der Waals surface area contributed by atoms with Gasteiger partial charge < -0.3 is 15.6 Å². The van der Waals surface area contributed by atoms with Crippen LogP contribution in [0.5, 0.6) is 11.6 Å². The highest BCUT2D eigenvalue weighted by Gasteiger charge is 2.20. The van der Waals surface area contributed by atoms with Crippen molar-refractivity contribution in [1.29, 1.82) is 0 Å². The average molecular weight is 269 g/mol. The minimum absolute atomic E-state index is 0.325. The Hall–Kier alpha value is -2.89. The summed E-state index contributed by atoms with van der Waals surface area (Å²) >= 11 is 0. The molecule has 2 aromatic rings. The lowest BCUT2D eigenvalue weighted by atomic mass is 10.1. The number of hydrogen-bond donors (Lipinski definition) is 2. The van der Waals surface area contributed by atoms with Gasteiger partial charge in [-0.1, -0.05) is 12.1 Å². The summed E-state index contributed by atoms with van der Waals surface area (Å²) < 4.78 is 5.58. The van der Waals surface area contributed by atoms with E-state index < -0.39 is 5.97 Å². The van der Waals surface area contributed by atoms with E-state index in [0.717, 1.165) is 11.1 Å². The molecule has 6 heteroatoms. The Morgan fingerprint density at radius 3 is 2.90 bits per heavy atom. The lowest BCUT2D eigenvalue weighted by Crippen LogP contribution is -1.98. The maximum absolute atomic E-state index is 11.0. The zero-order valence-corrected chi connectivity index (χ0v) is 10.4. The zero-order valence-electron chi connectivity index (χ0n) is 10.4. The number of anilines is 1. The van der Waals surface area contributed by atoms with Crippen molar-refractivity contribution in [3.05, 3.63) is 47.8 Å². The fourth-order valence-electron chi connectivity index (χ4n) is 2.12. The Labute approximate surface area is 114 Å². The van der Waals surface area contributed by atoms with Crippen LogP contribution in [0.3, 0.4) is 0 Å². The smallest absolute Gasteiger partial charge is 0.335 e. The lowest BCUT2D eigenvalue weighted by molar-refractivity contribution is -0.130. The molecule has 0 saturated heterocycles. The van der Waals surface area contributed by atoms with Crippen molar-refractivity contribution in [2.75, 3.05) is 5.73 Å². The van der Waals surface area contributed by atoms with Crippen LogP contribution in [0.25, 0.3) is 5.57 Å². The van der Waals surface area contributed by atoms with Gasteiger partial charge in [-0.15, -0.1) is 0 Å². The molecule has 3 N–H and O–H groups in total. The van der Waals surface area contributed by atoms with E-state index in [1.807, 2.05) is 0 Å². The number of nitrogens with zero attached hydrogens (tertiary/aromatic N) is 2. The number of carboxylic acids is 1. The molecular weight excluding hydrogens is 258 g/mol. The van der Waals surface area contributed by atoms with Gasteiger partial charge in [0.15, 0.2) is 0 Å². The predicted octanol–water partition coefficient (Wildman–Crippen LogP) is 1.88. The summed E-state index contributed by atoms with van der Waals surface area (Å²) in [6.45, 7) is 0. The Bertz CT molecular complexity index is 725. The maximum Gasteiger partial charge on any atom is 0.335 e. The van der Waals surface area contributed by atoms with Crippen LogP contribution in [0.2, 0.25) is 0 Å². The minimum Gasteiger partial charge on any atom is -0.478 e. The van der Waals surface area contributed by atoms with E-state index in [1.165, 1.54) is 12.4 Å². The molecule has 0 atom stereocenters. The summed E-state index contributed by atoms with van der Waals surface area (Å²) in [5.41, 5.74) is 7.53. The molecule has 0 fully saturated rings. The quantitative estimate of drug-likeness (QED) is 0.882. The number of ether oxygens (including phenoxy) is 1. The van der Waals surface area contributed by atoms with Crippen molar-refractivity contribution in [3.8, 4) is 11.6 Å². The number of allylic oxidation sites excluding steroid dienone is 1. The van der Waals surface area contributed by atoms with Crippen LogP contribution >= 0.6 is 0 Å². The van der Waals surface area contributed by atoms with Gasteiger partial charge in [-0.05, 0) is 29.7 Å². The molecule has 0 saturated carbocycles. The summed E-state index contributed by atoms with van der Waals surface area (Å²) in [5.74, 6) is 0.343. The van der Waals surface area contributed by atoms with Gasteiger partial charge in [0, 0.05) is 6.07 Å². The molecule has 0 unspecified atom stereocenters. The molecule has 0 spiro atoms. The molecule has 1 heterocycles. The largest absolute Gasteiger partial charge is 0.478 e. The maximum atomic E-state index is 11.0. The highest BCUT2D eigenvalue weighted by atomic mass is 16.5. The number of aliphatic carboxylic acids is 1. The molecule has 100 valence electrons. The van der Waals surface area contributed by atoms with Gasteiger partial charge in [0.25, 0.3) is 0 Å². The van der Waals surface area contributed by atoms with E-state index in [1.54, 1.807) is 24.3 Å². The van der Waals surface area contributed by atoms with Crippen molar-refractivity contribution < 1.29 is 14.6 Å². The highest BCUT2D eigenvalue weighted by molar-refractivity contribution is 6.17. The van der Waals surface area contributed by atoms with Gasteiger partial charge in [-0.3, -0.25) is 0 Å². The first-order valence-corrected chi connectivity index (χ1v) is 5.95. The second kappa shape index (κ2) is 4.65. The third kappa shape index (κ3) is 2.18. The summed E-state index contributed by atoms with van der Waals surface area (Å²) in [7, 11) is 0. The average Bonchev–Trinajstić information content (AvgIpc) is 2.82. The van der Waals surface area contributed by atoms with Crippen LogP contribution in [0.4, 0.5) is 5.82 Å². The van der Waals surface area contributed by atoms with Gasteiger partial charge >= 0.3 is 5.97 Å². The molecule has 1 aromatic carbocycles. The molecule has 3 rings (SSSR count). The normalized spacial score (nSPS) is 12.7. The fraction of sp³-hybridized carbons (Fsp3) is 0.0714. The number of carbonyl (C=O) groups is 1. The number of carboxylic acid groups (broad SMARTS) is 1. The third-order valence-electron chi connectivity index (χ3n) is 3.01. The van der Waals surface area contributed by atoms with Gasteiger partial charge in [-0.25, -0.2) is 14.8 Å². The number of nitrogens with two attached hydrogens (primary N) is 1. The van der Waals surface area contributed by atoms with Crippen LogP contribution in [0, 0.1) is 0 Å². The van der Waals surface area contributed by atoms with E-state index in [0.29, 0.717) is 29.4 Å². The molecule has 0 bridgehead atoms. The van der Waals surface area contributed by atoms with Crippen LogP contribution in [-0.2, 0) is 11.2 Å². The van der Waals surface area contributed by atoms with E-state index in [-0.39, 0.29) is 0 Å². The van der Waals surface area contributed by atoms with Crippen LogP contribution < -0.4 is 10.5 Å². The Kier molecular flexibility index (Phi) is 2.83. The molecule has 0 amide bonds. The Balaban J connectivity index is 1.86. The third-order valence-corrected chi connectivity index (χ3v) is 3.01. The predicted molar refractivity (Wildman–Crippen MR) is 72.3 cm³/mol. The first-order chi connectivity index (χ1) is 9.63. The van der Waals surface area contributed by atoms with E-state index in [9.17, 15) is 4.79 Å². The zero-order chi connectivity index (χ0) is 14.1. The first kappa shape index (κ1) is 12.2. The summed E-state index contributed by atoms with van der Waals surface area (Å²) in [6.07, 6.45) is 3.60. The van der Waals surface area contributed by atoms with E-state index >= 15 is 0 Å². The van der Waals surface area contributed by atoms with Crippen molar-refractivity contribution in [2.45, 2.75) is 6.42 Å². The number of fused-ring (bicyclic) bond motifs is 1. The summed E-state index contributed by atoms with van der Waals surface area (Å²) in [5, 5.41) is 9.06. The molecule has 0 radical (unpaired) electrons. The second-order valence-electron chi connectivity index (χ2n) is 4.33. The number of nitrogen functional groups attached to an aromatic ring is 1. The van der Waals surface area contributed by atoms with Crippen molar-refractivity contribution in [2.24, 2.45) is 0 Å². The van der Waals surface area contributed by atoms with Crippen molar-refractivity contribution >= 4 is 17.4 Å². The summed E-state index contributed by atoms with van der Waals surface area (Å²) in [4.78, 5) is 18.8. The Morgan fingerprint density at radius 1 is 1.30 bits per heavy atom. The highest BCUT2D eigenvalue weighted by Crippen LogP contribution is 2.31. The molecular formula is C14H11N3O3. The van der Waals surface area contributed by atoms with Crippen molar-refractivity contribution in [1.82, 2.24) is 9.97 Å². The topological polar surface area (TPSA) is 98.3 Å². The van der Waals surface area contributed by atoms with E-state index in [2.05, 4.69) is 9.97 Å². The van der Waals surface area contributed by atoms with Crippen LogP contribution in [-0.4, -0.2) is 21.0 Å². The molecule has 1 aromatic heterocycles. The molecule has 6 nitrogen and oxygen atoms in total. The minimum atomic E-state index is -0.916. The van der Waals surface area contributed by atoms with Crippen LogP contribution in [0.1, 0.15) is 11.1 Å². The van der Waals surface area contributed by atoms with Gasteiger partial charge in [-0.2, -0.15) is 0 Å². The van der Waals surface area contributed by atoms with E-state index in [4.69, 9.17) is 15.6 Å². The Morgan fingerprint density at radius 2 is 2.15 bits per heavy atom. The molecule has 1 aliphatic carbocycles. The number of aromatic nitrogens is 2. The van der Waals surface area contributed by atoms with Crippen LogP contribution in [0.15, 0.2) is 36.7 Å². The fourth-order valence-corrected chi connectivity index (χ4v) is 2.12. The van der Waals surface area contributed by atoms with Gasteiger partial charge in [0.05, 0.1) is 5.57 Å². The first-order valence-electron chi connectivity index (χ1n) is 5.95. The SMILES string of the molecule is Nc1cc(Oc2ccc3c(c2)CC=C3C(=O)O)ncn1. The molecule has 20 heavy (non-hydrogen) atoms. The molecule has 0 aliphatic heterocycles. The van der Waals surface area contributed by atoms with Gasteiger partial charge in [0.2, 0.25) is 5.88 Å². The number of rotatable bonds is 3.